The van der Waals surface area contributed by atoms with Crippen molar-refractivity contribution in [1.29, 1.82) is 0 Å². The first-order valence-corrected chi connectivity index (χ1v) is 28.3. The molecule has 0 saturated carbocycles. The average molecular weight is 997 g/mol. The fourth-order valence-electron chi connectivity index (χ4n) is 11.8. The number of rotatable bonds is 14. The van der Waals surface area contributed by atoms with Crippen molar-refractivity contribution in [2.75, 3.05) is 0 Å². The van der Waals surface area contributed by atoms with Gasteiger partial charge >= 0.3 is 0 Å². The van der Waals surface area contributed by atoms with Crippen LogP contribution >= 0.6 is 0 Å². The third kappa shape index (κ3) is 11.3. The molecule has 0 saturated heterocycles. The molecule has 77 heavy (non-hydrogen) atoms. The molecular formula is C77H72. The summed E-state index contributed by atoms with van der Waals surface area (Å²) in [5.41, 5.74) is 17.8. The van der Waals surface area contributed by atoms with Crippen molar-refractivity contribution in [3.63, 3.8) is 0 Å². The molecule has 380 valence electrons. The quantitative estimate of drug-likeness (QED) is 0.0579. The zero-order valence-corrected chi connectivity index (χ0v) is 45.8. The Balaban J connectivity index is 0.00000332. The summed E-state index contributed by atoms with van der Waals surface area (Å²) < 4.78 is 0. The minimum absolute atomic E-state index is 0.360. The Hall–Kier alpha value is -8.32. The van der Waals surface area contributed by atoms with Crippen LogP contribution in [0, 0.1) is 11.8 Å². The first-order chi connectivity index (χ1) is 38.0. The molecule has 2 aliphatic carbocycles. The molecule has 0 heteroatoms. The summed E-state index contributed by atoms with van der Waals surface area (Å²) in [5, 5.41) is 10.2. The standard InChI is InChI=1S/C75H66.C2H6/c1-5-8-21-55(7-3)72(59-24-10-9-11-25-59)50-54-34-38-61(39-35-54)74-68-28-16-18-30-70(68)75(71-31-19-17-29-69(71)74)62-43-40-58(41-44-62)65-46-47-67(52(4)48-65)73(66-45-42-57-23-13-15-27-64(57)51-66)60(20-6-2)37-33-53-32-36-56-22-12-14-26-63(56)49-53;1-2/h7-32,34-36,38-40,42-47,49-51,58,65H,4-6,33,37,41,48H2,1-3H3;1-2H3/b21-8-,55-7+,60-20+,72-50-,73-67+;. The largest absolute Gasteiger partial charge is 0.0952 e. The van der Waals surface area contributed by atoms with Crippen molar-refractivity contribution in [2.24, 2.45) is 11.8 Å². The Morgan fingerprint density at radius 2 is 1.17 bits per heavy atom. The third-order valence-electron chi connectivity index (χ3n) is 15.6. The van der Waals surface area contributed by atoms with E-state index in [1.54, 1.807) is 0 Å². The van der Waals surface area contributed by atoms with Gasteiger partial charge in [-0.2, -0.15) is 0 Å². The maximum absolute atomic E-state index is 4.87. The van der Waals surface area contributed by atoms with Gasteiger partial charge in [0, 0.05) is 0 Å². The molecule has 9 aromatic rings. The molecule has 0 fully saturated rings. The van der Waals surface area contributed by atoms with Crippen molar-refractivity contribution in [2.45, 2.75) is 73.1 Å². The van der Waals surface area contributed by atoms with Gasteiger partial charge in [0.15, 0.2) is 0 Å². The van der Waals surface area contributed by atoms with Crippen LogP contribution < -0.4 is 0 Å². The number of benzene rings is 9. The fourth-order valence-corrected chi connectivity index (χ4v) is 11.8. The average Bonchev–Trinajstić information content (AvgIpc) is 3.61. The summed E-state index contributed by atoms with van der Waals surface area (Å²) in [4.78, 5) is 0. The van der Waals surface area contributed by atoms with Gasteiger partial charge in [0.25, 0.3) is 0 Å². The van der Waals surface area contributed by atoms with Crippen LogP contribution in [0.5, 0.6) is 0 Å². The number of hydrogen-bond acceptors (Lipinski definition) is 0. The van der Waals surface area contributed by atoms with E-state index in [0.29, 0.717) is 11.8 Å². The summed E-state index contributed by atoms with van der Waals surface area (Å²) in [5.74, 6) is 0.739. The molecule has 2 aliphatic rings. The van der Waals surface area contributed by atoms with Crippen LogP contribution in [0.15, 0.2) is 272 Å². The van der Waals surface area contributed by atoms with Gasteiger partial charge in [-0.3, -0.25) is 0 Å². The molecule has 11 rings (SSSR count). The number of aryl methyl sites for hydroxylation is 1. The van der Waals surface area contributed by atoms with E-state index in [4.69, 9.17) is 6.58 Å². The van der Waals surface area contributed by atoms with Crippen LogP contribution in [0.3, 0.4) is 0 Å². The van der Waals surface area contributed by atoms with Gasteiger partial charge < -0.3 is 0 Å². The molecule has 0 amide bonds. The molecule has 9 aromatic carbocycles. The summed E-state index contributed by atoms with van der Waals surface area (Å²) in [7, 11) is 0. The highest BCUT2D eigenvalue weighted by Gasteiger charge is 2.27. The zero-order chi connectivity index (χ0) is 53.1. The van der Waals surface area contributed by atoms with Crippen molar-refractivity contribution >= 4 is 65.9 Å². The maximum Gasteiger partial charge on any atom is -0.00264 e. The molecule has 0 radical (unpaired) electrons. The second-order valence-corrected chi connectivity index (χ2v) is 20.4. The molecule has 0 N–H and O–H groups in total. The van der Waals surface area contributed by atoms with E-state index in [1.165, 1.54) is 121 Å². The van der Waals surface area contributed by atoms with Crippen LogP contribution in [0.25, 0.3) is 77.0 Å². The minimum Gasteiger partial charge on any atom is -0.0952 e. The Kier molecular flexibility index (Phi) is 16.6. The molecule has 0 heterocycles. The summed E-state index contributed by atoms with van der Waals surface area (Å²) in [6, 6.07) is 69.4. The predicted octanol–water partition coefficient (Wildman–Crippen LogP) is 22.0. The monoisotopic (exact) mass is 997 g/mol. The first kappa shape index (κ1) is 52.1. The number of allylic oxidation sites excluding steroid dienone is 16. The van der Waals surface area contributed by atoms with E-state index in [2.05, 4.69) is 270 Å². The van der Waals surface area contributed by atoms with Crippen molar-refractivity contribution in [3.05, 3.63) is 299 Å². The van der Waals surface area contributed by atoms with E-state index in [9.17, 15) is 0 Å². The lowest BCUT2D eigenvalue weighted by Crippen LogP contribution is -2.16. The first-order valence-electron chi connectivity index (χ1n) is 28.3. The van der Waals surface area contributed by atoms with E-state index in [-0.39, 0.29) is 0 Å². The number of hydrogen-bond donors (Lipinski definition) is 0. The predicted molar refractivity (Wildman–Crippen MR) is 339 cm³/mol. The SMILES string of the molecule is C=C1CC(C2C=CC(c3c4ccccc4c(-c4ccc(/C=C(C(/C=C\CC)=C/C)\c5ccccc5)cc4)c4ccccc34)=CC2)C=C/C1=C(/C(=C/CC)CCc1ccc2ccccc2c1)c1ccc2ccccc2c1.CC. The second kappa shape index (κ2) is 24.6. The van der Waals surface area contributed by atoms with Gasteiger partial charge in [0.05, 0.1) is 0 Å². The van der Waals surface area contributed by atoms with Crippen molar-refractivity contribution < 1.29 is 0 Å². The van der Waals surface area contributed by atoms with Crippen molar-refractivity contribution in [1.82, 2.24) is 0 Å². The lowest BCUT2D eigenvalue weighted by Gasteiger charge is -2.30. The lowest BCUT2D eigenvalue weighted by atomic mass is 9.74. The number of fused-ring (bicyclic) bond motifs is 4. The van der Waals surface area contributed by atoms with Gasteiger partial charge in [0.1, 0.15) is 0 Å². The molecular weight excluding hydrogens is 925 g/mol. The minimum atomic E-state index is 0.360. The van der Waals surface area contributed by atoms with Gasteiger partial charge in [-0.15, -0.1) is 0 Å². The zero-order valence-electron chi connectivity index (χ0n) is 45.8. The van der Waals surface area contributed by atoms with E-state index < -0.39 is 0 Å². The van der Waals surface area contributed by atoms with Crippen LogP contribution in [0.1, 0.15) is 94.5 Å². The van der Waals surface area contributed by atoms with Gasteiger partial charge in [-0.1, -0.05) is 271 Å². The fraction of sp³-hybridized carbons (Fsp3) is 0.169. The third-order valence-corrected chi connectivity index (χ3v) is 15.6. The smallest absolute Gasteiger partial charge is 0.00264 e. The Labute approximate surface area is 458 Å². The van der Waals surface area contributed by atoms with E-state index >= 15 is 0 Å². The van der Waals surface area contributed by atoms with E-state index in [1.807, 2.05) is 13.8 Å². The normalized spacial score (nSPS) is 16.8. The molecule has 0 aliphatic heterocycles. The van der Waals surface area contributed by atoms with Gasteiger partial charge in [0.2, 0.25) is 0 Å². The molecule has 0 aromatic heterocycles. The highest BCUT2D eigenvalue weighted by Crippen LogP contribution is 2.46. The Bertz CT molecular complexity index is 3800. The van der Waals surface area contributed by atoms with Crippen molar-refractivity contribution in [3.8, 4) is 11.1 Å². The van der Waals surface area contributed by atoms with Gasteiger partial charge in [-0.05, 0) is 190 Å². The molecule has 0 bridgehead atoms. The summed E-state index contributed by atoms with van der Waals surface area (Å²) >= 11 is 0. The maximum atomic E-state index is 4.87. The van der Waals surface area contributed by atoms with Gasteiger partial charge in [-0.25, -0.2) is 0 Å². The van der Waals surface area contributed by atoms with Crippen LogP contribution in [-0.2, 0) is 6.42 Å². The lowest BCUT2D eigenvalue weighted by molar-refractivity contribution is 0.470. The van der Waals surface area contributed by atoms with Crippen LogP contribution in [-0.4, -0.2) is 0 Å². The molecule has 0 nitrogen and oxygen atoms in total. The van der Waals surface area contributed by atoms with E-state index in [0.717, 1.165) is 38.5 Å². The second-order valence-electron chi connectivity index (χ2n) is 20.4. The Morgan fingerprint density at radius 3 is 1.78 bits per heavy atom. The molecule has 2 unspecified atom stereocenters. The summed E-state index contributed by atoms with van der Waals surface area (Å²) in [6.07, 6.45) is 29.7. The molecule has 2 atom stereocenters. The highest BCUT2D eigenvalue weighted by atomic mass is 14.3. The molecule has 0 spiro atoms. The summed E-state index contributed by atoms with van der Waals surface area (Å²) in [6.45, 7) is 15.5. The Morgan fingerprint density at radius 1 is 0.571 bits per heavy atom. The van der Waals surface area contributed by atoms with Crippen LogP contribution in [0.4, 0.5) is 0 Å². The topological polar surface area (TPSA) is 0 Å². The van der Waals surface area contributed by atoms with Crippen LogP contribution in [0.2, 0.25) is 0 Å². The highest BCUT2D eigenvalue weighted by molar-refractivity contribution is 6.19.